The lowest BCUT2D eigenvalue weighted by Gasteiger charge is -2.06. The molecule has 23 heavy (non-hydrogen) atoms. The summed E-state index contributed by atoms with van der Waals surface area (Å²) in [7, 11) is 0. The van der Waals surface area contributed by atoms with E-state index in [1.54, 1.807) is 30.5 Å². The smallest absolute Gasteiger partial charge is 0.248 e. The lowest BCUT2D eigenvalue weighted by Crippen LogP contribution is -2.08. The molecule has 1 aromatic heterocycles. The average molecular weight is 345 g/mol. The van der Waals surface area contributed by atoms with Gasteiger partial charge in [-0.2, -0.15) is 0 Å². The van der Waals surface area contributed by atoms with E-state index in [1.807, 2.05) is 36.4 Å². The number of hydrogen-bond donors (Lipinski definition) is 1. The van der Waals surface area contributed by atoms with Crippen LogP contribution in [0.25, 0.3) is 17.0 Å². The highest BCUT2D eigenvalue weighted by Crippen LogP contribution is 2.20. The van der Waals surface area contributed by atoms with E-state index in [9.17, 15) is 4.79 Å². The minimum Gasteiger partial charge on any atom is -0.322 e. The maximum absolute atomic E-state index is 12.1. The van der Waals surface area contributed by atoms with Crippen LogP contribution in [0.4, 0.5) is 5.69 Å². The van der Waals surface area contributed by atoms with Gasteiger partial charge in [-0.1, -0.05) is 41.9 Å². The molecule has 1 N–H and O–H groups in total. The quantitative estimate of drug-likeness (QED) is 0.682. The molecule has 0 aliphatic carbocycles. The van der Waals surface area contributed by atoms with Crippen LogP contribution in [-0.2, 0) is 4.79 Å². The molecule has 0 unspecified atom stereocenters. The van der Waals surface area contributed by atoms with Crippen molar-refractivity contribution in [1.29, 1.82) is 0 Å². The Morgan fingerprint density at radius 1 is 1.04 bits per heavy atom. The van der Waals surface area contributed by atoms with E-state index in [-0.39, 0.29) is 18.3 Å². The van der Waals surface area contributed by atoms with Crippen LogP contribution in [0.2, 0.25) is 5.02 Å². The minimum absolute atomic E-state index is 0. The molecular weight excluding hydrogens is 331 g/mol. The standard InChI is InChI=1S/C18H13ClN2O.ClH/c19-14-8-5-13(6-9-14)7-10-18(22)21-17-11-12-20-16-4-2-1-3-15(16)17;/h1-12H,(H,20,21,22);1H/b10-7+;. The van der Waals surface area contributed by atoms with E-state index >= 15 is 0 Å². The Balaban J connectivity index is 0.00000192. The normalized spacial score (nSPS) is 10.5. The Hall–Kier alpha value is -2.36. The number of amides is 1. The van der Waals surface area contributed by atoms with Gasteiger partial charge >= 0.3 is 0 Å². The van der Waals surface area contributed by atoms with Crippen LogP contribution in [0.15, 0.2) is 66.9 Å². The molecular formula is C18H14Cl2N2O. The molecule has 116 valence electrons. The highest BCUT2D eigenvalue weighted by Gasteiger charge is 2.03. The van der Waals surface area contributed by atoms with Gasteiger partial charge in [-0.05, 0) is 35.9 Å². The van der Waals surface area contributed by atoms with Crippen molar-refractivity contribution in [2.45, 2.75) is 0 Å². The van der Waals surface area contributed by atoms with Crippen molar-refractivity contribution >= 4 is 52.6 Å². The third-order valence-corrected chi connectivity index (χ3v) is 3.46. The number of rotatable bonds is 3. The van der Waals surface area contributed by atoms with Gasteiger partial charge in [-0.3, -0.25) is 9.78 Å². The first-order valence-corrected chi connectivity index (χ1v) is 7.18. The Kier molecular flexibility index (Phi) is 5.74. The molecule has 5 heteroatoms. The predicted octanol–water partition coefficient (Wildman–Crippen LogP) is 4.96. The van der Waals surface area contributed by atoms with Crippen LogP contribution < -0.4 is 5.32 Å². The summed E-state index contributed by atoms with van der Waals surface area (Å²) >= 11 is 5.83. The third kappa shape index (κ3) is 4.31. The van der Waals surface area contributed by atoms with Gasteiger partial charge in [0, 0.05) is 22.7 Å². The number of carbonyl (C=O) groups is 1. The van der Waals surface area contributed by atoms with Gasteiger partial charge in [-0.25, -0.2) is 0 Å². The summed E-state index contributed by atoms with van der Waals surface area (Å²) < 4.78 is 0. The maximum atomic E-state index is 12.1. The van der Waals surface area contributed by atoms with Crippen LogP contribution in [-0.4, -0.2) is 10.9 Å². The van der Waals surface area contributed by atoms with E-state index < -0.39 is 0 Å². The molecule has 0 aliphatic heterocycles. The fourth-order valence-electron chi connectivity index (χ4n) is 2.13. The Morgan fingerprint density at radius 2 is 1.78 bits per heavy atom. The Labute approximate surface area is 145 Å². The van der Waals surface area contributed by atoms with Gasteiger partial charge in [0.1, 0.15) is 0 Å². The van der Waals surface area contributed by atoms with Gasteiger partial charge in [0.05, 0.1) is 11.2 Å². The first-order chi connectivity index (χ1) is 10.7. The number of hydrogen-bond acceptors (Lipinski definition) is 2. The summed E-state index contributed by atoms with van der Waals surface area (Å²) in [6.07, 6.45) is 4.92. The molecule has 0 radical (unpaired) electrons. The fraction of sp³-hybridized carbons (Fsp3) is 0. The molecule has 1 heterocycles. The number of benzene rings is 2. The number of fused-ring (bicyclic) bond motifs is 1. The van der Waals surface area contributed by atoms with Gasteiger partial charge in [0.15, 0.2) is 0 Å². The molecule has 0 atom stereocenters. The van der Waals surface area contributed by atoms with Crippen molar-refractivity contribution < 1.29 is 4.79 Å². The third-order valence-electron chi connectivity index (χ3n) is 3.20. The zero-order valence-electron chi connectivity index (χ0n) is 12.1. The van der Waals surface area contributed by atoms with E-state index in [4.69, 9.17) is 11.6 Å². The second kappa shape index (κ2) is 7.77. The molecule has 2 aromatic carbocycles. The summed E-state index contributed by atoms with van der Waals surface area (Å²) in [6, 6.07) is 16.8. The minimum atomic E-state index is -0.189. The number of carbonyl (C=O) groups excluding carboxylic acids is 1. The van der Waals surface area contributed by atoms with Crippen molar-refractivity contribution in [2.24, 2.45) is 0 Å². The summed E-state index contributed by atoms with van der Waals surface area (Å²) in [5.74, 6) is -0.189. The first-order valence-electron chi connectivity index (χ1n) is 6.81. The van der Waals surface area contributed by atoms with Crippen LogP contribution in [0.1, 0.15) is 5.56 Å². The summed E-state index contributed by atoms with van der Waals surface area (Å²) in [5, 5.41) is 4.46. The highest BCUT2D eigenvalue weighted by atomic mass is 35.5. The molecule has 3 nitrogen and oxygen atoms in total. The number of nitrogens with zero attached hydrogens (tertiary/aromatic N) is 1. The maximum Gasteiger partial charge on any atom is 0.248 e. The number of pyridine rings is 1. The molecule has 3 aromatic rings. The largest absolute Gasteiger partial charge is 0.322 e. The Morgan fingerprint density at radius 3 is 2.57 bits per heavy atom. The number of nitrogens with one attached hydrogen (secondary N) is 1. The number of halogens is 2. The van der Waals surface area contributed by atoms with Gasteiger partial charge < -0.3 is 5.32 Å². The van der Waals surface area contributed by atoms with Crippen LogP contribution in [0.3, 0.4) is 0 Å². The topological polar surface area (TPSA) is 42.0 Å². The number of anilines is 1. The van der Waals surface area contributed by atoms with E-state index in [0.717, 1.165) is 22.2 Å². The van der Waals surface area contributed by atoms with Crippen LogP contribution >= 0.6 is 24.0 Å². The summed E-state index contributed by atoms with van der Waals surface area (Å²) in [5.41, 5.74) is 2.51. The zero-order valence-corrected chi connectivity index (χ0v) is 13.6. The number of aromatic nitrogens is 1. The second-order valence-electron chi connectivity index (χ2n) is 4.75. The molecule has 0 saturated heterocycles. The summed E-state index contributed by atoms with van der Waals surface area (Å²) in [4.78, 5) is 16.3. The molecule has 0 bridgehead atoms. The fourth-order valence-corrected chi connectivity index (χ4v) is 2.25. The lowest BCUT2D eigenvalue weighted by atomic mass is 10.2. The van der Waals surface area contributed by atoms with E-state index in [2.05, 4.69) is 10.3 Å². The Bertz CT molecular complexity index is 840. The van der Waals surface area contributed by atoms with Crippen LogP contribution in [0.5, 0.6) is 0 Å². The second-order valence-corrected chi connectivity index (χ2v) is 5.19. The monoisotopic (exact) mass is 344 g/mol. The molecule has 0 spiro atoms. The molecule has 3 rings (SSSR count). The van der Waals surface area contributed by atoms with Crippen molar-refractivity contribution in [1.82, 2.24) is 4.98 Å². The number of para-hydroxylation sites is 1. The molecule has 1 amide bonds. The lowest BCUT2D eigenvalue weighted by molar-refractivity contribution is -0.111. The highest BCUT2D eigenvalue weighted by molar-refractivity contribution is 6.30. The van der Waals surface area contributed by atoms with E-state index in [1.165, 1.54) is 6.08 Å². The molecule has 0 aliphatic rings. The van der Waals surface area contributed by atoms with Crippen LogP contribution in [0, 0.1) is 0 Å². The van der Waals surface area contributed by atoms with Crippen molar-refractivity contribution in [3.8, 4) is 0 Å². The van der Waals surface area contributed by atoms with Crippen molar-refractivity contribution in [3.05, 3.63) is 77.5 Å². The van der Waals surface area contributed by atoms with Gasteiger partial charge in [0.25, 0.3) is 0 Å². The van der Waals surface area contributed by atoms with Crippen molar-refractivity contribution in [2.75, 3.05) is 5.32 Å². The SMILES string of the molecule is Cl.O=C(/C=C/c1ccc(Cl)cc1)Nc1ccnc2ccccc12. The van der Waals surface area contributed by atoms with Gasteiger partial charge in [0.2, 0.25) is 5.91 Å². The van der Waals surface area contributed by atoms with Gasteiger partial charge in [-0.15, -0.1) is 12.4 Å². The van der Waals surface area contributed by atoms with Crippen molar-refractivity contribution in [3.63, 3.8) is 0 Å². The average Bonchev–Trinajstić information content (AvgIpc) is 2.55. The molecule has 0 fully saturated rings. The van der Waals surface area contributed by atoms with E-state index in [0.29, 0.717) is 5.02 Å². The first kappa shape index (κ1) is 17.0. The zero-order chi connectivity index (χ0) is 15.4. The predicted molar refractivity (Wildman–Crippen MR) is 98.1 cm³/mol. The molecule has 0 saturated carbocycles. The summed E-state index contributed by atoms with van der Waals surface area (Å²) in [6.45, 7) is 0.